The Bertz CT molecular complexity index is 1070. The van der Waals surface area contributed by atoms with Crippen molar-refractivity contribution < 1.29 is 27.9 Å². The molecular formula is C20H19ClN3O6S-. The number of sulfonamides is 1. The van der Waals surface area contributed by atoms with E-state index in [1.54, 1.807) is 24.3 Å². The van der Waals surface area contributed by atoms with E-state index in [0.717, 1.165) is 0 Å². The van der Waals surface area contributed by atoms with Crippen LogP contribution in [-0.2, 0) is 19.6 Å². The van der Waals surface area contributed by atoms with E-state index in [-0.39, 0.29) is 11.4 Å². The second-order valence-electron chi connectivity index (χ2n) is 6.69. The number of hydrogen-bond acceptors (Lipinski definition) is 7. The molecule has 0 radical (unpaired) electrons. The van der Waals surface area contributed by atoms with Crippen molar-refractivity contribution in [3.05, 3.63) is 59.1 Å². The minimum atomic E-state index is -3.84. The average Bonchev–Trinajstić information content (AvgIpc) is 3.24. The summed E-state index contributed by atoms with van der Waals surface area (Å²) in [4.78, 5) is 23.0. The topological polar surface area (TPSA) is 128 Å². The Kier molecular flexibility index (Phi) is 7.26. The van der Waals surface area contributed by atoms with Gasteiger partial charge in [0.1, 0.15) is 18.4 Å². The Labute approximate surface area is 184 Å². The van der Waals surface area contributed by atoms with Gasteiger partial charge < -0.3 is 14.6 Å². The van der Waals surface area contributed by atoms with Crippen LogP contribution >= 0.6 is 11.6 Å². The number of rotatable bonds is 8. The maximum Gasteiger partial charge on any atom is 0.258 e. The Morgan fingerprint density at radius 2 is 1.87 bits per heavy atom. The summed E-state index contributed by atoms with van der Waals surface area (Å²) in [5.41, 5.74) is 3.00. The number of carboxylic acid groups (broad SMARTS) is 1. The van der Waals surface area contributed by atoms with Gasteiger partial charge in [-0.25, -0.2) is 13.8 Å². The van der Waals surface area contributed by atoms with Crippen molar-refractivity contribution in [2.24, 2.45) is 5.10 Å². The van der Waals surface area contributed by atoms with Gasteiger partial charge in [-0.1, -0.05) is 11.6 Å². The largest absolute Gasteiger partial charge is 0.546 e. The van der Waals surface area contributed by atoms with Crippen molar-refractivity contribution in [3.8, 4) is 5.75 Å². The Morgan fingerprint density at radius 1 is 1.19 bits per heavy atom. The molecule has 1 heterocycles. The molecule has 0 bridgehead atoms. The van der Waals surface area contributed by atoms with Crippen LogP contribution in [0.25, 0.3) is 0 Å². The molecular weight excluding hydrogens is 446 g/mol. The number of nitrogens with one attached hydrogen (secondary N) is 1. The molecule has 0 aliphatic carbocycles. The highest BCUT2D eigenvalue weighted by atomic mass is 35.5. The van der Waals surface area contributed by atoms with Crippen LogP contribution in [0.15, 0.2) is 58.5 Å². The van der Waals surface area contributed by atoms with Gasteiger partial charge in [0, 0.05) is 11.6 Å². The number of benzene rings is 2. The van der Waals surface area contributed by atoms with Crippen LogP contribution < -0.4 is 15.3 Å². The molecule has 2 aromatic carbocycles. The third kappa shape index (κ3) is 5.81. The first kappa shape index (κ1) is 22.7. The summed E-state index contributed by atoms with van der Waals surface area (Å²) in [5.74, 6) is -1.51. The number of aliphatic carboxylic acids is 1. The molecule has 1 aliphatic rings. The zero-order chi connectivity index (χ0) is 22.4. The minimum Gasteiger partial charge on any atom is -0.546 e. The van der Waals surface area contributed by atoms with E-state index in [4.69, 9.17) is 16.3 Å². The lowest BCUT2D eigenvalue weighted by Crippen LogP contribution is -2.44. The van der Waals surface area contributed by atoms with Crippen molar-refractivity contribution in [3.63, 3.8) is 0 Å². The predicted molar refractivity (Wildman–Crippen MR) is 111 cm³/mol. The molecule has 1 N–H and O–H groups in total. The van der Waals surface area contributed by atoms with Gasteiger partial charge >= 0.3 is 0 Å². The quantitative estimate of drug-likeness (QED) is 0.454. The number of amides is 1. The number of hydrazone groups is 1. The van der Waals surface area contributed by atoms with E-state index in [2.05, 4.69) is 10.5 Å². The summed E-state index contributed by atoms with van der Waals surface area (Å²) in [5, 5.41) is 14.7. The van der Waals surface area contributed by atoms with Gasteiger partial charge in [0.25, 0.3) is 5.91 Å². The first-order valence-electron chi connectivity index (χ1n) is 9.30. The first-order chi connectivity index (χ1) is 14.8. The maximum absolute atomic E-state index is 12.9. The van der Waals surface area contributed by atoms with Crippen LogP contribution in [0.5, 0.6) is 5.75 Å². The van der Waals surface area contributed by atoms with Crippen molar-refractivity contribution in [1.82, 2.24) is 9.73 Å². The Morgan fingerprint density at radius 3 is 2.52 bits per heavy atom. The second kappa shape index (κ2) is 9.90. The molecule has 1 fully saturated rings. The molecule has 2 aromatic rings. The smallest absolute Gasteiger partial charge is 0.258 e. The SMILES string of the molecule is O=C([O-])COc1ccc(/C=N/NC(=O)C2CCCN2S(=O)(=O)c2ccc(Cl)cc2)cc1. The molecule has 164 valence electrons. The van der Waals surface area contributed by atoms with Crippen LogP contribution in [0.1, 0.15) is 18.4 Å². The molecule has 1 aliphatic heterocycles. The lowest BCUT2D eigenvalue weighted by molar-refractivity contribution is -0.307. The van der Waals surface area contributed by atoms with Crippen molar-refractivity contribution in [2.45, 2.75) is 23.8 Å². The molecule has 31 heavy (non-hydrogen) atoms. The summed E-state index contributed by atoms with van der Waals surface area (Å²) in [6.45, 7) is -0.319. The van der Waals surface area contributed by atoms with E-state index >= 15 is 0 Å². The molecule has 0 aromatic heterocycles. The fourth-order valence-corrected chi connectivity index (χ4v) is 4.85. The monoisotopic (exact) mass is 464 g/mol. The summed E-state index contributed by atoms with van der Waals surface area (Å²) in [6, 6.07) is 11.2. The van der Waals surface area contributed by atoms with E-state index in [9.17, 15) is 23.1 Å². The number of carbonyl (C=O) groups excluding carboxylic acids is 2. The molecule has 1 saturated heterocycles. The Balaban J connectivity index is 1.61. The standard InChI is InChI=1S/C20H20ClN3O6S/c21-15-5-9-17(10-6-15)31(28,29)24-11-1-2-18(24)20(27)23-22-12-14-3-7-16(8-4-14)30-13-19(25)26/h3-10,12,18H,1-2,11,13H2,(H,23,27)(H,25,26)/p-1/b22-12+. The van der Waals surface area contributed by atoms with Crippen molar-refractivity contribution >= 4 is 39.7 Å². The number of halogens is 1. The van der Waals surface area contributed by atoms with Gasteiger partial charge in [-0.2, -0.15) is 9.41 Å². The maximum atomic E-state index is 12.9. The van der Waals surface area contributed by atoms with Gasteiger partial charge in [0.15, 0.2) is 0 Å². The van der Waals surface area contributed by atoms with Gasteiger partial charge in [0.2, 0.25) is 10.0 Å². The average molecular weight is 465 g/mol. The minimum absolute atomic E-state index is 0.0705. The van der Waals surface area contributed by atoms with Gasteiger partial charge in [-0.15, -0.1) is 0 Å². The highest BCUT2D eigenvalue weighted by molar-refractivity contribution is 7.89. The molecule has 1 amide bonds. The number of nitrogens with zero attached hydrogens (tertiary/aromatic N) is 2. The van der Waals surface area contributed by atoms with Crippen molar-refractivity contribution in [2.75, 3.05) is 13.2 Å². The molecule has 9 nitrogen and oxygen atoms in total. The van der Waals surface area contributed by atoms with E-state index < -0.39 is 34.5 Å². The first-order valence-corrected chi connectivity index (χ1v) is 11.1. The fraction of sp³-hybridized carbons (Fsp3) is 0.250. The van der Waals surface area contributed by atoms with Gasteiger partial charge in [-0.05, 0) is 66.9 Å². The highest BCUT2D eigenvalue weighted by Gasteiger charge is 2.39. The normalized spacial score (nSPS) is 17.0. The number of carbonyl (C=O) groups is 2. The lowest BCUT2D eigenvalue weighted by Gasteiger charge is -2.22. The molecule has 0 saturated carbocycles. The third-order valence-electron chi connectivity index (χ3n) is 4.55. The van der Waals surface area contributed by atoms with Crippen LogP contribution in [0, 0.1) is 0 Å². The zero-order valence-electron chi connectivity index (χ0n) is 16.2. The third-order valence-corrected chi connectivity index (χ3v) is 6.73. The summed E-state index contributed by atoms with van der Waals surface area (Å²) >= 11 is 5.82. The van der Waals surface area contributed by atoms with Crippen LogP contribution in [0.4, 0.5) is 0 Å². The summed E-state index contributed by atoms with van der Waals surface area (Å²) in [6.07, 6.45) is 2.33. The molecule has 3 rings (SSSR count). The van der Waals surface area contributed by atoms with Gasteiger partial charge in [-0.3, -0.25) is 4.79 Å². The Hall–Kier alpha value is -2.95. The molecule has 1 unspecified atom stereocenters. The number of carboxylic acids is 1. The highest BCUT2D eigenvalue weighted by Crippen LogP contribution is 2.27. The zero-order valence-corrected chi connectivity index (χ0v) is 17.8. The van der Waals surface area contributed by atoms with Crippen LogP contribution in [0.2, 0.25) is 5.02 Å². The fourth-order valence-electron chi connectivity index (χ4n) is 3.07. The summed E-state index contributed by atoms with van der Waals surface area (Å²) in [7, 11) is -3.84. The van der Waals surface area contributed by atoms with E-state index in [1.807, 2.05) is 0 Å². The van der Waals surface area contributed by atoms with Gasteiger partial charge in [0.05, 0.1) is 17.1 Å². The number of hydrogen-bond donors (Lipinski definition) is 1. The summed E-state index contributed by atoms with van der Waals surface area (Å²) < 4.78 is 31.9. The van der Waals surface area contributed by atoms with Crippen molar-refractivity contribution in [1.29, 1.82) is 0 Å². The lowest BCUT2D eigenvalue weighted by atomic mass is 10.2. The van der Waals surface area contributed by atoms with E-state index in [0.29, 0.717) is 29.2 Å². The predicted octanol–water partition coefficient (Wildman–Crippen LogP) is 0.772. The van der Waals surface area contributed by atoms with Crippen LogP contribution in [-0.4, -0.2) is 50.0 Å². The molecule has 1 atom stereocenters. The van der Waals surface area contributed by atoms with E-state index in [1.165, 1.54) is 34.8 Å². The molecule has 11 heteroatoms. The second-order valence-corrected chi connectivity index (χ2v) is 9.02. The molecule has 0 spiro atoms. The number of ether oxygens (including phenoxy) is 1. The van der Waals surface area contributed by atoms with Crippen LogP contribution in [0.3, 0.4) is 0 Å².